The normalized spacial score (nSPS) is 21.3. The fraction of sp³-hybridized carbons (Fsp3) is 0.0968. The summed E-state index contributed by atoms with van der Waals surface area (Å²) < 4.78 is 0. The molecule has 0 aromatic heterocycles. The molecule has 6 heteroatoms. The molecule has 5 nitrogen and oxygen atoms in total. The fourth-order valence-corrected chi connectivity index (χ4v) is 5.84. The van der Waals surface area contributed by atoms with Gasteiger partial charge in [-0.25, -0.2) is 9.96 Å². The van der Waals surface area contributed by atoms with E-state index < -0.39 is 18.1 Å². The van der Waals surface area contributed by atoms with Crippen LogP contribution in [0.25, 0.3) is 21.5 Å². The lowest BCUT2D eigenvalue weighted by molar-refractivity contribution is -0.126. The van der Waals surface area contributed by atoms with Gasteiger partial charge < -0.3 is 0 Å². The van der Waals surface area contributed by atoms with Crippen LogP contribution in [-0.2, 0) is 14.4 Å². The average molecular weight is 505 g/mol. The molecule has 5 aromatic carbocycles. The predicted octanol–water partition coefficient (Wildman–Crippen LogP) is 6.70. The lowest BCUT2D eigenvalue weighted by atomic mass is 9.84. The van der Waals surface area contributed by atoms with E-state index in [-0.39, 0.29) is 11.8 Å². The van der Waals surface area contributed by atoms with Crippen molar-refractivity contribution in [1.29, 1.82) is 0 Å². The second-order valence-electron chi connectivity index (χ2n) is 9.38. The summed E-state index contributed by atoms with van der Waals surface area (Å²) in [5.74, 6) is -1.37. The van der Waals surface area contributed by atoms with Gasteiger partial charge in [0.2, 0.25) is 5.91 Å². The molecule has 5 aromatic rings. The maximum absolute atomic E-state index is 14.1. The Morgan fingerprint density at radius 1 is 0.649 bits per heavy atom. The van der Waals surface area contributed by atoms with Gasteiger partial charge in [0.1, 0.15) is 5.92 Å². The number of amides is 2. The van der Waals surface area contributed by atoms with E-state index in [4.69, 9.17) is 16.4 Å². The quantitative estimate of drug-likeness (QED) is 0.203. The van der Waals surface area contributed by atoms with Gasteiger partial charge in [-0.15, -0.1) is 0 Å². The molecule has 2 aliphatic heterocycles. The Labute approximate surface area is 218 Å². The molecule has 2 heterocycles. The highest BCUT2D eigenvalue weighted by atomic mass is 35.5. The second-order valence-corrected chi connectivity index (χ2v) is 9.82. The molecule has 0 N–H and O–H groups in total. The van der Waals surface area contributed by atoms with Crippen LogP contribution in [0.3, 0.4) is 0 Å². The molecule has 0 bridgehead atoms. The fourth-order valence-electron chi connectivity index (χ4n) is 5.72. The number of halogens is 1. The molecule has 0 unspecified atom stereocenters. The van der Waals surface area contributed by atoms with E-state index in [1.54, 1.807) is 29.3 Å². The lowest BCUT2D eigenvalue weighted by Gasteiger charge is -2.30. The zero-order chi connectivity index (χ0) is 25.1. The lowest BCUT2D eigenvalue weighted by Crippen LogP contribution is -2.37. The number of rotatable bonds is 3. The van der Waals surface area contributed by atoms with Crippen LogP contribution in [0.15, 0.2) is 109 Å². The Hall–Kier alpha value is -4.19. The average Bonchev–Trinajstić information content (AvgIpc) is 3.44. The summed E-state index contributed by atoms with van der Waals surface area (Å²) in [7, 11) is 0. The van der Waals surface area contributed by atoms with Crippen LogP contribution in [0.4, 0.5) is 11.4 Å². The third-order valence-corrected chi connectivity index (χ3v) is 7.57. The first kappa shape index (κ1) is 22.0. The van der Waals surface area contributed by atoms with Gasteiger partial charge in [-0.3, -0.25) is 14.4 Å². The zero-order valence-corrected chi connectivity index (χ0v) is 20.4. The van der Waals surface area contributed by atoms with Crippen LogP contribution in [0.2, 0.25) is 5.02 Å². The monoisotopic (exact) mass is 504 g/mol. The minimum Gasteiger partial charge on any atom is -0.273 e. The molecule has 2 fully saturated rings. The molecule has 2 amide bonds. The molecule has 2 saturated heterocycles. The van der Waals surface area contributed by atoms with Crippen molar-refractivity contribution in [3.05, 3.63) is 120 Å². The van der Waals surface area contributed by atoms with Crippen LogP contribution in [0, 0.1) is 5.92 Å². The van der Waals surface area contributed by atoms with Crippen molar-refractivity contribution >= 4 is 56.3 Å². The molecule has 180 valence electrons. The second kappa shape index (κ2) is 8.44. The van der Waals surface area contributed by atoms with E-state index in [0.717, 1.165) is 32.8 Å². The Bertz CT molecular complexity index is 1630. The summed E-state index contributed by atoms with van der Waals surface area (Å²) in [6.45, 7) is 0. The van der Waals surface area contributed by atoms with Gasteiger partial charge in [-0.2, -0.15) is 0 Å². The van der Waals surface area contributed by atoms with E-state index in [2.05, 4.69) is 30.3 Å². The van der Waals surface area contributed by atoms with Crippen molar-refractivity contribution < 1.29 is 14.4 Å². The summed E-state index contributed by atoms with van der Waals surface area (Å²) in [4.78, 5) is 35.4. The third kappa shape index (κ3) is 3.35. The summed E-state index contributed by atoms with van der Waals surface area (Å²) >= 11 is 6.07. The van der Waals surface area contributed by atoms with E-state index in [1.807, 2.05) is 54.6 Å². The van der Waals surface area contributed by atoms with Crippen LogP contribution < -0.4 is 9.96 Å². The van der Waals surface area contributed by atoms with Gasteiger partial charge in [0.05, 0.1) is 17.4 Å². The first-order valence-electron chi connectivity index (χ1n) is 12.2. The summed E-state index contributed by atoms with van der Waals surface area (Å²) in [5, 5.41) is 6.49. The number of benzene rings is 5. The number of carbonyl (C=O) groups excluding carboxylic acids is 2. The molecular weight excluding hydrogens is 484 g/mol. The van der Waals surface area contributed by atoms with E-state index >= 15 is 0 Å². The largest absolute Gasteiger partial charge is 0.273 e. The highest BCUT2D eigenvalue weighted by Crippen LogP contribution is 2.50. The third-order valence-electron chi connectivity index (χ3n) is 7.32. The number of imide groups is 1. The number of carbonyl (C=O) groups is 2. The Morgan fingerprint density at radius 2 is 1.24 bits per heavy atom. The summed E-state index contributed by atoms with van der Waals surface area (Å²) in [5.41, 5.74) is 2.26. The van der Waals surface area contributed by atoms with Crippen molar-refractivity contribution in [3.63, 3.8) is 0 Å². The van der Waals surface area contributed by atoms with Crippen LogP contribution in [0.1, 0.15) is 11.6 Å². The maximum Gasteiger partial charge on any atom is 0.266 e. The van der Waals surface area contributed by atoms with Gasteiger partial charge in [-0.1, -0.05) is 78.3 Å². The van der Waals surface area contributed by atoms with Crippen molar-refractivity contribution in [2.75, 3.05) is 9.96 Å². The number of fused-ring (bicyclic) bond motifs is 3. The molecular formula is C31H21ClN2O3. The van der Waals surface area contributed by atoms with Crippen molar-refractivity contribution in [2.24, 2.45) is 5.92 Å². The van der Waals surface area contributed by atoms with Gasteiger partial charge in [0, 0.05) is 5.02 Å². The first-order chi connectivity index (χ1) is 18.1. The topological polar surface area (TPSA) is 49.9 Å². The van der Waals surface area contributed by atoms with Crippen LogP contribution in [0.5, 0.6) is 0 Å². The number of hydrogen-bond acceptors (Lipinski definition) is 4. The Morgan fingerprint density at radius 3 is 1.89 bits per heavy atom. The predicted molar refractivity (Wildman–Crippen MR) is 145 cm³/mol. The molecule has 0 aliphatic carbocycles. The number of hydroxylamine groups is 1. The molecule has 0 radical (unpaired) electrons. The van der Waals surface area contributed by atoms with Gasteiger partial charge in [0.25, 0.3) is 5.91 Å². The SMILES string of the molecule is O=C1[C@H]2[C@H](ON(c3ccccc3)[C@H]2c2c3ccccc3cc3ccccc23)C(=O)N1c1ccc(Cl)cc1. The minimum absolute atomic E-state index is 0.280. The summed E-state index contributed by atoms with van der Waals surface area (Å²) in [6.07, 6.45) is -0.939. The molecule has 0 spiro atoms. The van der Waals surface area contributed by atoms with Gasteiger partial charge >= 0.3 is 0 Å². The van der Waals surface area contributed by atoms with Crippen LogP contribution >= 0.6 is 11.6 Å². The first-order valence-corrected chi connectivity index (χ1v) is 12.5. The Kier molecular flexibility index (Phi) is 5.03. The van der Waals surface area contributed by atoms with Crippen molar-refractivity contribution in [1.82, 2.24) is 0 Å². The summed E-state index contributed by atoms with van der Waals surface area (Å²) in [6, 6.07) is 34.4. The van der Waals surface area contributed by atoms with Crippen LogP contribution in [-0.4, -0.2) is 17.9 Å². The number of anilines is 2. The molecule has 2 aliphatic rings. The highest BCUT2D eigenvalue weighted by Gasteiger charge is 2.60. The van der Waals surface area contributed by atoms with Gasteiger partial charge in [0.15, 0.2) is 6.10 Å². The molecule has 37 heavy (non-hydrogen) atoms. The zero-order valence-electron chi connectivity index (χ0n) is 19.6. The van der Waals surface area contributed by atoms with E-state index in [1.165, 1.54) is 4.90 Å². The van der Waals surface area contributed by atoms with E-state index in [9.17, 15) is 9.59 Å². The maximum atomic E-state index is 14.1. The molecule has 0 saturated carbocycles. The highest BCUT2D eigenvalue weighted by molar-refractivity contribution is 6.31. The number of para-hydroxylation sites is 1. The Balaban J connectivity index is 1.47. The molecule has 7 rings (SSSR count). The standard InChI is InChI=1S/C31H21ClN2O3/c32-21-14-16-22(17-15-21)33-30(35)27-28(34(37-29(27)31(33)36)23-10-2-1-3-11-23)26-24-12-6-4-8-19(24)18-20-9-5-7-13-25(20)26/h1-18,27-29H/t27-,28+,29+/m1/s1. The van der Waals surface area contributed by atoms with E-state index in [0.29, 0.717) is 10.7 Å². The van der Waals surface area contributed by atoms with Gasteiger partial charge in [-0.05, 0) is 69.6 Å². The smallest absolute Gasteiger partial charge is 0.266 e. The molecule has 3 atom stereocenters. The van der Waals surface area contributed by atoms with Crippen molar-refractivity contribution in [3.8, 4) is 0 Å². The minimum atomic E-state index is -0.939. The number of hydrogen-bond donors (Lipinski definition) is 0. The number of nitrogens with zero attached hydrogens (tertiary/aromatic N) is 2. The van der Waals surface area contributed by atoms with Crippen molar-refractivity contribution in [2.45, 2.75) is 12.1 Å².